The zero-order valence-corrected chi connectivity index (χ0v) is 17.9. The minimum Gasteiger partial charge on any atom is -0.493 e. The van der Waals surface area contributed by atoms with Crippen molar-refractivity contribution in [1.29, 1.82) is 0 Å². The minimum absolute atomic E-state index is 0.0586. The van der Waals surface area contributed by atoms with E-state index in [9.17, 15) is 4.79 Å². The molecule has 5 rings (SSSR count). The fourth-order valence-electron chi connectivity index (χ4n) is 4.31. The summed E-state index contributed by atoms with van der Waals surface area (Å²) in [4.78, 5) is 24.5. The van der Waals surface area contributed by atoms with Crippen LogP contribution in [-0.4, -0.2) is 40.5 Å². The van der Waals surface area contributed by atoms with Crippen LogP contribution in [0.3, 0.4) is 0 Å². The molecule has 2 aromatic heterocycles. The van der Waals surface area contributed by atoms with Gasteiger partial charge >= 0.3 is 0 Å². The van der Waals surface area contributed by atoms with Gasteiger partial charge in [0, 0.05) is 42.4 Å². The highest BCUT2D eigenvalue weighted by molar-refractivity contribution is 6.07. The molecular weight excluding hydrogens is 398 g/mol. The number of likely N-dealkylation sites (tertiary alicyclic amines) is 1. The Labute approximate surface area is 187 Å². The molecule has 0 N–H and O–H groups in total. The molecule has 2 aromatic carbocycles. The number of hydrogen-bond donors (Lipinski definition) is 0. The monoisotopic (exact) mass is 423 g/mol. The quantitative estimate of drug-likeness (QED) is 0.441. The van der Waals surface area contributed by atoms with E-state index in [1.54, 1.807) is 12.4 Å². The predicted molar refractivity (Wildman–Crippen MR) is 126 cm³/mol. The predicted octanol–water partition coefficient (Wildman–Crippen LogP) is 5.23. The van der Waals surface area contributed by atoms with Crippen molar-refractivity contribution < 1.29 is 9.53 Å². The van der Waals surface area contributed by atoms with Crippen molar-refractivity contribution in [3.05, 3.63) is 90.8 Å². The van der Waals surface area contributed by atoms with Crippen molar-refractivity contribution in [1.82, 2.24) is 14.9 Å². The lowest BCUT2D eigenvalue weighted by molar-refractivity contribution is 0.0635. The van der Waals surface area contributed by atoms with Crippen LogP contribution in [-0.2, 0) is 0 Å². The summed E-state index contributed by atoms with van der Waals surface area (Å²) in [6.07, 6.45) is 5.54. The molecule has 0 spiro atoms. The van der Waals surface area contributed by atoms with Crippen LogP contribution in [0.5, 0.6) is 5.75 Å². The number of aromatic nitrogens is 2. The Morgan fingerprint density at radius 2 is 1.78 bits per heavy atom. The van der Waals surface area contributed by atoms with E-state index in [1.165, 1.54) is 0 Å². The molecule has 1 unspecified atom stereocenters. The molecule has 1 amide bonds. The maximum absolute atomic E-state index is 13.7. The molecule has 1 aliphatic heterocycles. The second kappa shape index (κ2) is 9.18. The molecule has 32 heavy (non-hydrogen) atoms. The van der Waals surface area contributed by atoms with Crippen molar-refractivity contribution in [3.63, 3.8) is 0 Å². The van der Waals surface area contributed by atoms with Gasteiger partial charge in [0.15, 0.2) is 0 Å². The van der Waals surface area contributed by atoms with E-state index in [1.807, 2.05) is 77.7 Å². The SMILES string of the molecule is O=C(c1cc(-c2ccncc2)nc2ccccc12)N1CCCC(COc2ccccc2)C1. The largest absolute Gasteiger partial charge is 0.493 e. The fraction of sp³-hybridized carbons (Fsp3) is 0.222. The highest BCUT2D eigenvalue weighted by atomic mass is 16.5. The summed E-state index contributed by atoms with van der Waals surface area (Å²) in [5.41, 5.74) is 3.26. The van der Waals surface area contributed by atoms with Gasteiger partial charge in [0.1, 0.15) is 5.75 Å². The Morgan fingerprint density at radius 3 is 2.62 bits per heavy atom. The first-order valence-electron chi connectivity index (χ1n) is 11.1. The van der Waals surface area contributed by atoms with Gasteiger partial charge in [-0.2, -0.15) is 0 Å². The third-order valence-corrected chi connectivity index (χ3v) is 5.96. The lowest BCUT2D eigenvalue weighted by Crippen LogP contribution is -2.41. The smallest absolute Gasteiger partial charge is 0.254 e. The molecular formula is C27H25N3O2. The Hall–Kier alpha value is -3.73. The fourth-order valence-corrected chi connectivity index (χ4v) is 4.31. The third-order valence-electron chi connectivity index (χ3n) is 5.96. The average Bonchev–Trinajstić information content (AvgIpc) is 2.88. The topological polar surface area (TPSA) is 55.3 Å². The highest BCUT2D eigenvalue weighted by Gasteiger charge is 2.26. The summed E-state index contributed by atoms with van der Waals surface area (Å²) < 4.78 is 5.97. The second-order valence-electron chi connectivity index (χ2n) is 8.19. The van der Waals surface area contributed by atoms with E-state index in [0.717, 1.165) is 47.3 Å². The highest BCUT2D eigenvalue weighted by Crippen LogP contribution is 2.27. The first kappa shape index (κ1) is 20.2. The number of fused-ring (bicyclic) bond motifs is 1. The molecule has 5 nitrogen and oxygen atoms in total. The van der Waals surface area contributed by atoms with Gasteiger partial charge in [0.05, 0.1) is 23.4 Å². The number of piperidine rings is 1. The van der Waals surface area contributed by atoms with Crippen LogP contribution in [0, 0.1) is 5.92 Å². The van der Waals surface area contributed by atoms with Crippen LogP contribution in [0.15, 0.2) is 85.2 Å². The first-order valence-corrected chi connectivity index (χ1v) is 11.1. The van der Waals surface area contributed by atoms with Gasteiger partial charge in [-0.3, -0.25) is 9.78 Å². The van der Waals surface area contributed by atoms with Crippen LogP contribution < -0.4 is 4.74 Å². The molecule has 0 radical (unpaired) electrons. The number of nitrogens with zero attached hydrogens (tertiary/aromatic N) is 3. The number of rotatable bonds is 5. The Morgan fingerprint density at radius 1 is 1.00 bits per heavy atom. The molecule has 0 bridgehead atoms. The standard InChI is InChI=1S/C27H25N3O2/c31-27(30-16-6-7-20(18-30)19-32-22-8-2-1-3-9-22)24-17-26(21-12-14-28-15-13-21)29-25-11-5-4-10-23(24)25/h1-5,8-15,17,20H,6-7,16,18-19H2. The van der Waals surface area contributed by atoms with Crippen molar-refractivity contribution in [2.45, 2.75) is 12.8 Å². The van der Waals surface area contributed by atoms with E-state index in [0.29, 0.717) is 24.6 Å². The van der Waals surface area contributed by atoms with Gasteiger partial charge in [0.2, 0.25) is 0 Å². The molecule has 0 aliphatic carbocycles. The van der Waals surface area contributed by atoms with E-state index in [2.05, 4.69) is 4.98 Å². The van der Waals surface area contributed by atoms with E-state index in [-0.39, 0.29) is 5.91 Å². The number of ether oxygens (including phenoxy) is 1. The van der Waals surface area contributed by atoms with Crippen molar-refractivity contribution >= 4 is 16.8 Å². The molecule has 160 valence electrons. The lowest BCUT2D eigenvalue weighted by Gasteiger charge is -2.33. The van der Waals surface area contributed by atoms with Gasteiger partial charge < -0.3 is 9.64 Å². The molecule has 0 saturated carbocycles. The number of benzene rings is 2. The van der Waals surface area contributed by atoms with Gasteiger partial charge in [0.25, 0.3) is 5.91 Å². The average molecular weight is 424 g/mol. The van der Waals surface area contributed by atoms with E-state index >= 15 is 0 Å². The van der Waals surface area contributed by atoms with Crippen LogP contribution in [0.1, 0.15) is 23.2 Å². The van der Waals surface area contributed by atoms with Gasteiger partial charge in [-0.25, -0.2) is 4.98 Å². The summed E-state index contributed by atoms with van der Waals surface area (Å²) in [6.45, 7) is 2.09. The molecule has 1 saturated heterocycles. The summed E-state index contributed by atoms with van der Waals surface area (Å²) in [7, 11) is 0. The molecule has 3 heterocycles. The molecule has 1 aliphatic rings. The Bertz CT molecular complexity index is 1210. The van der Waals surface area contributed by atoms with Crippen LogP contribution in [0.2, 0.25) is 0 Å². The van der Waals surface area contributed by atoms with Crippen LogP contribution in [0.4, 0.5) is 0 Å². The number of pyridine rings is 2. The van der Waals surface area contributed by atoms with E-state index < -0.39 is 0 Å². The van der Waals surface area contributed by atoms with Crippen molar-refractivity contribution in [2.24, 2.45) is 5.92 Å². The number of para-hydroxylation sites is 2. The number of amides is 1. The Kier molecular flexibility index (Phi) is 5.79. The summed E-state index contributed by atoms with van der Waals surface area (Å²) in [5, 5.41) is 0.887. The minimum atomic E-state index is 0.0586. The van der Waals surface area contributed by atoms with Crippen molar-refractivity contribution in [3.8, 4) is 17.0 Å². The zero-order chi connectivity index (χ0) is 21.8. The summed E-state index contributed by atoms with van der Waals surface area (Å²) in [6, 6.07) is 23.5. The molecule has 5 heteroatoms. The maximum atomic E-state index is 13.7. The number of carbonyl (C=O) groups excluding carboxylic acids is 1. The summed E-state index contributed by atoms with van der Waals surface area (Å²) in [5.74, 6) is 1.25. The van der Waals surface area contributed by atoms with Gasteiger partial charge in [-0.15, -0.1) is 0 Å². The van der Waals surface area contributed by atoms with Crippen molar-refractivity contribution in [2.75, 3.05) is 19.7 Å². The molecule has 4 aromatic rings. The first-order chi connectivity index (χ1) is 15.8. The van der Waals surface area contributed by atoms with Crippen LogP contribution >= 0.6 is 0 Å². The van der Waals surface area contributed by atoms with Crippen LogP contribution in [0.25, 0.3) is 22.2 Å². The number of carbonyl (C=O) groups is 1. The number of hydrogen-bond acceptors (Lipinski definition) is 4. The normalized spacial score (nSPS) is 16.1. The maximum Gasteiger partial charge on any atom is 0.254 e. The second-order valence-corrected chi connectivity index (χ2v) is 8.19. The lowest BCUT2D eigenvalue weighted by atomic mass is 9.97. The Balaban J connectivity index is 1.40. The van der Waals surface area contributed by atoms with E-state index in [4.69, 9.17) is 9.72 Å². The third kappa shape index (κ3) is 4.33. The summed E-state index contributed by atoms with van der Waals surface area (Å²) >= 11 is 0. The van der Waals surface area contributed by atoms with Gasteiger partial charge in [-0.1, -0.05) is 36.4 Å². The molecule has 1 fully saturated rings. The molecule has 1 atom stereocenters. The zero-order valence-electron chi connectivity index (χ0n) is 17.9. The van der Waals surface area contributed by atoms with Gasteiger partial charge in [-0.05, 0) is 49.2 Å².